The van der Waals surface area contributed by atoms with Crippen LogP contribution in [0.25, 0.3) is 6.08 Å². The number of hydrogen-bond acceptors (Lipinski definition) is 1. The van der Waals surface area contributed by atoms with E-state index < -0.39 is 7.60 Å². The van der Waals surface area contributed by atoms with E-state index in [2.05, 4.69) is 18.8 Å². The second kappa shape index (κ2) is 13.0. The van der Waals surface area contributed by atoms with Crippen LogP contribution in [0.15, 0.2) is 30.1 Å². The van der Waals surface area contributed by atoms with Gasteiger partial charge in [0, 0.05) is 17.8 Å². The maximum absolute atomic E-state index is 10.9. The molecule has 25 heavy (non-hydrogen) atoms. The van der Waals surface area contributed by atoms with E-state index >= 15 is 0 Å². The van der Waals surface area contributed by atoms with E-state index in [4.69, 9.17) is 9.79 Å². The van der Waals surface area contributed by atoms with E-state index in [1.165, 1.54) is 57.4 Å². The van der Waals surface area contributed by atoms with Gasteiger partial charge in [-0.15, -0.1) is 0 Å². The Morgan fingerprint density at radius 2 is 1.56 bits per heavy atom. The summed E-state index contributed by atoms with van der Waals surface area (Å²) in [6.45, 7) is 2.24. The van der Waals surface area contributed by atoms with E-state index in [0.29, 0.717) is 0 Å². The topological polar surface area (TPSA) is 57.5 Å². The van der Waals surface area contributed by atoms with Gasteiger partial charge in [0.2, 0.25) is 0 Å². The van der Waals surface area contributed by atoms with Gasteiger partial charge in [-0.1, -0.05) is 88.3 Å². The van der Waals surface area contributed by atoms with Crippen molar-refractivity contribution in [3.63, 3.8) is 0 Å². The van der Waals surface area contributed by atoms with Crippen LogP contribution in [-0.4, -0.2) is 9.79 Å². The molecule has 2 N–H and O–H groups in total. The summed E-state index contributed by atoms with van der Waals surface area (Å²) >= 11 is 0. The summed E-state index contributed by atoms with van der Waals surface area (Å²) in [6, 6.07) is 7.42. The van der Waals surface area contributed by atoms with Gasteiger partial charge in [0.25, 0.3) is 0 Å². The second-order valence-electron chi connectivity index (χ2n) is 6.37. The molecule has 0 unspecified atom stereocenters. The highest BCUT2D eigenvalue weighted by atomic mass is 31.2. The quantitative estimate of drug-likeness (QED) is 0.284. The molecule has 0 aromatic heterocycles. The highest BCUT2D eigenvalue weighted by molar-refractivity contribution is 7.55. The molecular formula is C21H31O3P. The SMILES string of the molecule is CCCCCCCCCCCC#Cc1ccccc1C=CP(=O)(O)O. The zero-order valence-electron chi connectivity index (χ0n) is 15.3. The van der Waals surface area contributed by atoms with Gasteiger partial charge in [-0.25, -0.2) is 0 Å². The van der Waals surface area contributed by atoms with Crippen molar-refractivity contribution in [1.29, 1.82) is 0 Å². The largest absolute Gasteiger partial charge is 0.349 e. The van der Waals surface area contributed by atoms with E-state index in [9.17, 15) is 4.57 Å². The normalized spacial score (nSPS) is 11.5. The van der Waals surface area contributed by atoms with Crippen LogP contribution < -0.4 is 0 Å². The molecule has 3 nitrogen and oxygen atoms in total. The van der Waals surface area contributed by atoms with Crippen molar-refractivity contribution in [3.8, 4) is 11.8 Å². The summed E-state index contributed by atoms with van der Waals surface area (Å²) in [5.74, 6) is 7.23. The molecule has 138 valence electrons. The second-order valence-corrected chi connectivity index (χ2v) is 7.85. The maximum atomic E-state index is 10.9. The van der Waals surface area contributed by atoms with Crippen molar-refractivity contribution in [1.82, 2.24) is 0 Å². The van der Waals surface area contributed by atoms with Crippen LogP contribution in [0.4, 0.5) is 0 Å². The zero-order chi connectivity index (χ0) is 18.4. The Morgan fingerprint density at radius 1 is 0.960 bits per heavy atom. The first-order chi connectivity index (χ1) is 12.0. The number of benzene rings is 1. The molecule has 0 saturated carbocycles. The minimum atomic E-state index is -4.14. The Labute approximate surface area is 152 Å². The zero-order valence-corrected chi connectivity index (χ0v) is 16.2. The van der Waals surface area contributed by atoms with E-state index in [1.54, 1.807) is 0 Å². The lowest BCUT2D eigenvalue weighted by Gasteiger charge is -2.00. The molecule has 0 bridgehead atoms. The predicted octanol–water partition coefficient (Wildman–Crippen LogP) is 6.11. The number of rotatable bonds is 11. The molecule has 0 amide bonds. The molecule has 0 radical (unpaired) electrons. The Kier molecular flexibility index (Phi) is 11.2. The van der Waals surface area contributed by atoms with Gasteiger partial charge >= 0.3 is 7.60 Å². The first-order valence-electron chi connectivity index (χ1n) is 9.35. The molecule has 0 aliphatic rings. The fourth-order valence-electron chi connectivity index (χ4n) is 2.62. The maximum Gasteiger partial charge on any atom is 0.349 e. The molecule has 4 heteroatoms. The van der Waals surface area contributed by atoms with Crippen LogP contribution in [0.3, 0.4) is 0 Å². The summed E-state index contributed by atoms with van der Waals surface area (Å²) in [5, 5.41) is 0. The molecular weight excluding hydrogens is 331 g/mol. The summed E-state index contributed by atoms with van der Waals surface area (Å²) in [4.78, 5) is 17.9. The van der Waals surface area contributed by atoms with Gasteiger partial charge in [-0.05, 0) is 24.1 Å². The average Bonchev–Trinajstić information content (AvgIpc) is 2.58. The highest BCUT2D eigenvalue weighted by Gasteiger charge is 2.06. The van der Waals surface area contributed by atoms with Crippen LogP contribution in [0, 0.1) is 11.8 Å². The van der Waals surface area contributed by atoms with Crippen molar-refractivity contribution in [2.45, 2.75) is 71.1 Å². The Morgan fingerprint density at radius 3 is 2.20 bits per heavy atom. The van der Waals surface area contributed by atoms with Gasteiger partial charge in [0.15, 0.2) is 0 Å². The molecule has 1 rings (SSSR count). The average molecular weight is 362 g/mol. The molecule has 0 aliphatic carbocycles. The lowest BCUT2D eigenvalue weighted by molar-refractivity contribution is 0.386. The highest BCUT2D eigenvalue weighted by Crippen LogP contribution is 2.37. The van der Waals surface area contributed by atoms with Crippen molar-refractivity contribution in [2.24, 2.45) is 0 Å². The number of unbranched alkanes of at least 4 members (excludes halogenated alkanes) is 9. The van der Waals surface area contributed by atoms with Crippen LogP contribution in [0.1, 0.15) is 82.3 Å². The Balaban J connectivity index is 2.30. The Hall–Kier alpha value is -1.33. The molecule has 0 spiro atoms. The molecule has 0 heterocycles. The van der Waals surface area contributed by atoms with E-state index in [-0.39, 0.29) is 0 Å². The minimum absolute atomic E-state index is 0.741. The van der Waals surface area contributed by atoms with Crippen LogP contribution >= 0.6 is 7.60 Å². The van der Waals surface area contributed by atoms with E-state index in [1.807, 2.05) is 24.3 Å². The summed E-state index contributed by atoms with van der Waals surface area (Å²) < 4.78 is 10.9. The van der Waals surface area contributed by atoms with Gasteiger partial charge in [-0.3, -0.25) is 4.57 Å². The molecule has 0 atom stereocenters. The summed E-state index contributed by atoms with van der Waals surface area (Å²) in [6.07, 6.45) is 14.0. The Bertz CT molecular complexity index is 620. The monoisotopic (exact) mass is 362 g/mol. The fraction of sp³-hybridized carbons (Fsp3) is 0.524. The number of hydrogen-bond donors (Lipinski definition) is 2. The van der Waals surface area contributed by atoms with Gasteiger partial charge in [0.1, 0.15) is 0 Å². The van der Waals surface area contributed by atoms with Crippen molar-refractivity contribution >= 4 is 13.7 Å². The summed E-state index contributed by atoms with van der Waals surface area (Å²) in [7, 11) is -4.14. The third kappa shape index (κ3) is 11.8. The summed E-state index contributed by atoms with van der Waals surface area (Å²) in [5.41, 5.74) is 1.55. The van der Waals surface area contributed by atoms with Gasteiger partial charge < -0.3 is 9.79 Å². The fourth-order valence-corrected chi connectivity index (χ4v) is 2.97. The first-order valence-corrected chi connectivity index (χ1v) is 11.0. The molecule has 1 aromatic carbocycles. The first kappa shape index (κ1) is 21.7. The smallest absolute Gasteiger partial charge is 0.321 e. The third-order valence-corrected chi connectivity index (χ3v) is 4.57. The van der Waals surface area contributed by atoms with Crippen LogP contribution in [0.5, 0.6) is 0 Å². The lowest BCUT2D eigenvalue weighted by Crippen LogP contribution is -1.82. The predicted molar refractivity (Wildman–Crippen MR) is 106 cm³/mol. The molecule has 0 fully saturated rings. The lowest BCUT2D eigenvalue weighted by atomic mass is 10.1. The van der Waals surface area contributed by atoms with Crippen molar-refractivity contribution < 1.29 is 14.4 Å². The molecule has 0 aliphatic heterocycles. The third-order valence-electron chi connectivity index (χ3n) is 4.04. The van der Waals surface area contributed by atoms with Crippen molar-refractivity contribution in [3.05, 3.63) is 41.2 Å². The molecule has 0 saturated heterocycles. The molecule has 1 aromatic rings. The van der Waals surface area contributed by atoms with Crippen molar-refractivity contribution in [2.75, 3.05) is 0 Å². The van der Waals surface area contributed by atoms with Crippen LogP contribution in [0.2, 0.25) is 0 Å². The standard InChI is InChI=1S/C21H31O3P/c1-2-3-4-5-6-7-8-9-10-11-12-15-20-16-13-14-17-21(20)18-19-25(22,23)24/h13-14,16-19H,2-11H2,1H3,(H2,22,23,24). The van der Waals surface area contributed by atoms with Crippen LogP contribution in [-0.2, 0) is 4.57 Å². The van der Waals surface area contributed by atoms with E-state index in [0.717, 1.165) is 29.8 Å². The van der Waals surface area contributed by atoms with Gasteiger partial charge in [-0.2, -0.15) is 0 Å². The minimum Gasteiger partial charge on any atom is -0.321 e. The van der Waals surface area contributed by atoms with Gasteiger partial charge in [0.05, 0.1) is 0 Å².